The van der Waals surface area contributed by atoms with E-state index in [1.165, 1.54) is 22.3 Å². The van der Waals surface area contributed by atoms with Gasteiger partial charge < -0.3 is 20.0 Å². The molecule has 56 heavy (non-hydrogen) atoms. The van der Waals surface area contributed by atoms with Gasteiger partial charge in [0.05, 0.1) is 35.9 Å². The van der Waals surface area contributed by atoms with Crippen LogP contribution in [0.4, 0.5) is 0 Å². The molecule has 0 amide bonds. The molecule has 0 radical (unpaired) electrons. The van der Waals surface area contributed by atoms with Gasteiger partial charge in [-0.25, -0.2) is 37.3 Å². The molecular weight excluding hydrogens is 869 g/mol. The van der Waals surface area contributed by atoms with E-state index in [-0.39, 0.29) is 33.0 Å². The third kappa shape index (κ3) is 34.0. The summed E-state index contributed by atoms with van der Waals surface area (Å²) < 4.78 is 67.9. The smallest absolute Gasteiger partial charge is 0.858 e. The van der Waals surface area contributed by atoms with Gasteiger partial charge in [0, 0.05) is 37.9 Å². The Morgan fingerprint density at radius 2 is 0.679 bits per heavy atom. The van der Waals surface area contributed by atoms with Crippen molar-refractivity contribution in [3.63, 3.8) is 0 Å². The Morgan fingerprint density at radius 3 is 0.839 bits per heavy atom. The molecule has 0 N–H and O–H groups in total. The van der Waals surface area contributed by atoms with E-state index >= 15 is 0 Å². The molecular formula is C34H44Cl2N8Ni2O10. The molecule has 0 bridgehead atoms. The van der Waals surface area contributed by atoms with Gasteiger partial charge >= 0.3 is 33.0 Å². The van der Waals surface area contributed by atoms with Gasteiger partial charge in [0.1, 0.15) is 0 Å². The quantitative estimate of drug-likeness (QED) is 0.0902. The predicted molar refractivity (Wildman–Crippen MR) is 176 cm³/mol. The minimum atomic E-state index is -4.94. The number of rotatable bonds is 8. The molecule has 18 nitrogen and oxygen atoms in total. The van der Waals surface area contributed by atoms with Crippen molar-refractivity contribution in [3.8, 4) is 22.8 Å². The van der Waals surface area contributed by atoms with E-state index < -0.39 is 32.3 Å². The van der Waals surface area contributed by atoms with Gasteiger partial charge in [-0.05, 0) is 138 Å². The molecule has 0 atom stereocenters. The van der Waals surface area contributed by atoms with Crippen LogP contribution in [0.5, 0.6) is 0 Å². The molecule has 0 saturated heterocycles. The molecule has 0 aliphatic rings. The molecule has 22 heteroatoms. The standard InChI is InChI=1S/2C12H12N2.C10H22N4O2.2ClHO4.2Ni/c2*1-9-3-5-13-11(7-9)12-8-10(2)4-6-14-12;1-13(2)7-5-11-9(15)10(16)12-6-8-14(3)4;2*2-1(3,4)5;;/h2*3-8H,1-2H3;5-8H2,1-4H3,(H,11,15)(H,12,16);2*(H,2,3,4,5);;/q;;;;;2*+2/p-4. The molecule has 314 valence electrons. The Bertz CT molecular complexity index is 1510. The minimum Gasteiger partial charge on any atom is -0.858 e. The van der Waals surface area contributed by atoms with Crippen LogP contribution in [0.15, 0.2) is 83.3 Å². The van der Waals surface area contributed by atoms with Crippen LogP contribution in [0.3, 0.4) is 0 Å². The Labute approximate surface area is 351 Å². The van der Waals surface area contributed by atoms with Crippen LogP contribution in [0.1, 0.15) is 22.3 Å². The summed E-state index contributed by atoms with van der Waals surface area (Å²) >= 11 is 0. The maximum atomic E-state index is 11.2. The second kappa shape index (κ2) is 29.9. The SMILES string of the molecule is CN(C)CCN=C([O-])C([O-])=NCCN(C)C.Cc1ccnc(-c2cc(C)ccn2)c1.Cc1ccnc(-c2cc(C)ccn2)c1.[Ni+2].[Ni+2].[O-][Cl+3]([O-])([O-])[O-].[O-][Cl+3]([O-])([O-])[O-]. The van der Waals surface area contributed by atoms with Crippen molar-refractivity contribution in [1.29, 1.82) is 0 Å². The van der Waals surface area contributed by atoms with Crippen LogP contribution in [0.2, 0.25) is 0 Å². The zero-order valence-corrected chi connectivity index (χ0v) is 35.3. The van der Waals surface area contributed by atoms with Crippen LogP contribution in [0.25, 0.3) is 22.8 Å². The number of halogens is 2. The number of nitrogens with zero attached hydrogens (tertiary/aromatic N) is 8. The Balaban J connectivity index is -0.000000660. The first-order valence-corrected chi connectivity index (χ1v) is 18.1. The summed E-state index contributed by atoms with van der Waals surface area (Å²) in [5.74, 6) is -1.50. The van der Waals surface area contributed by atoms with E-state index in [4.69, 9.17) is 37.3 Å². The number of likely N-dealkylation sites (N-methyl/N-ethyl adjacent to an activating group) is 2. The predicted octanol–water partition coefficient (Wildman–Crippen LogP) is -6.37. The normalized spacial score (nSPS) is 11.2. The van der Waals surface area contributed by atoms with Crippen LogP contribution in [-0.4, -0.2) is 95.9 Å². The van der Waals surface area contributed by atoms with Gasteiger partial charge in [-0.1, -0.05) is 0 Å². The number of aliphatic imine (C=N–C) groups is 2. The Kier molecular flexibility index (Phi) is 30.4. The largest absolute Gasteiger partial charge is 2.00 e. The third-order valence-corrected chi connectivity index (χ3v) is 5.97. The van der Waals surface area contributed by atoms with E-state index in [0.717, 1.165) is 22.8 Å². The summed E-state index contributed by atoms with van der Waals surface area (Å²) in [5, 5.41) is 22.3. The number of aryl methyl sites for hydroxylation is 4. The van der Waals surface area contributed by atoms with E-state index in [9.17, 15) is 10.2 Å². The fourth-order valence-corrected chi connectivity index (χ4v) is 3.54. The average molecular weight is 913 g/mol. The van der Waals surface area contributed by atoms with Gasteiger partial charge in [-0.15, -0.1) is 20.5 Å². The third-order valence-electron chi connectivity index (χ3n) is 5.97. The first kappa shape index (κ1) is 57.0. The molecule has 4 aromatic heterocycles. The van der Waals surface area contributed by atoms with Gasteiger partial charge in [0.15, 0.2) is 0 Å². The van der Waals surface area contributed by atoms with Gasteiger partial charge in [-0.3, -0.25) is 29.9 Å². The zero-order valence-electron chi connectivity index (χ0n) is 31.8. The topological polar surface area (TPSA) is 313 Å². The fraction of sp³-hybridized carbons (Fsp3) is 0.353. The molecule has 0 unspecified atom stereocenters. The van der Waals surface area contributed by atoms with E-state index in [1.807, 2.05) is 111 Å². The Hall–Kier alpha value is -3.29. The molecule has 0 aliphatic heterocycles. The van der Waals surface area contributed by atoms with Crippen molar-refractivity contribution >= 4 is 11.8 Å². The number of aromatic nitrogens is 4. The van der Waals surface area contributed by atoms with Crippen LogP contribution < -0.4 is 47.5 Å². The van der Waals surface area contributed by atoms with Crippen molar-refractivity contribution < 1.29 is 101 Å². The molecule has 4 rings (SSSR count). The number of hydrogen-bond acceptors (Lipinski definition) is 18. The maximum absolute atomic E-state index is 11.2. The first-order chi connectivity index (χ1) is 24.9. The second-order valence-corrected chi connectivity index (χ2v) is 13.1. The maximum Gasteiger partial charge on any atom is 2.00 e. The summed E-state index contributed by atoms with van der Waals surface area (Å²) in [6, 6.07) is 16.1. The van der Waals surface area contributed by atoms with Gasteiger partial charge in [0.25, 0.3) is 0 Å². The van der Waals surface area contributed by atoms with E-state index in [1.54, 1.807) is 0 Å². The van der Waals surface area contributed by atoms with Crippen molar-refractivity contribution in [3.05, 3.63) is 95.6 Å². The summed E-state index contributed by atoms with van der Waals surface area (Å²) in [7, 11) is -2.38. The van der Waals surface area contributed by atoms with Crippen molar-refractivity contribution in [2.75, 3.05) is 54.4 Å². The Morgan fingerprint density at radius 1 is 0.482 bits per heavy atom. The molecule has 0 aliphatic carbocycles. The summed E-state index contributed by atoms with van der Waals surface area (Å²) in [4.78, 5) is 28.2. The summed E-state index contributed by atoms with van der Waals surface area (Å²) in [6.07, 6.45) is 7.26. The number of pyridine rings is 4. The first-order valence-electron chi connectivity index (χ1n) is 15.6. The fourth-order valence-electron chi connectivity index (χ4n) is 3.54. The van der Waals surface area contributed by atoms with Crippen molar-refractivity contribution in [1.82, 2.24) is 29.7 Å². The van der Waals surface area contributed by atoms with Crippen LogP contribution >= 0.6 is 0 Å². The molecule has 0 fully saturated rings. The van der Waals surface area contributed by atoms with E-state index in [2.05, 4.69) is 57.6 Å². The molecule has 4 aromatic rings. The van der Waals surface area contributed by atoms with Crippen LogP contribution in [0, 0.1) is 48.2 Å². The minimum absolute atomic E-state index is 0. The summed E-state index contributed by atoms with van der Waals surface area (Å²) in [5.41, 5.74) is 8.58. The van der Waals surface area contributed by atoms with E-state index in [0.29, 0.717) is 26.2 Å². The number of hydrogen-bond donors (Lipinski definition) is 0. The van der Waals surface area contributed by atoms with Crippen LogP contribution in [-0.2, 0) is 33.0 Å². The van der Waals surface area contributed by atoms with Crippen molar-refractivity contribution in [2.45, 2.75) is 27.7 Å². The molecule has 0 aromatic carbocycles. The van der Waals surface area contributed by atoms with Crippen molar-refractivity contribution in [2.24, 2.45) is 9.98 Å². The second-order valence-electron chi connectivity index (χ2n) is 11.6. The molecule has 0 spiro atoms. The molecule has 4 heterocycles. The zero-order chi connectivity index (χ0) is 41.5. The monoisotopic (exact) mass is 910 g/mol. The van der Waals surface area contributed by atoms with Gasteiger partial charge in [0.2, 0.25) is 0 Å². The van der Waals surface area contributed by atoms with Gasteiger partial charge in [-0.2, -0.15) is 0 Å². The average Bonchev–Trinajstić information content (AvgIpc) is 3.03. The summed E-state index contributed by atoms with van der Waals surface area (Å²) in [6.45, 7) is 10.2. The molecule has 0 saturated carbocycles.